The summed E-state index contributed by atoms with van der Waals surface area (Å²) < 4.78 is 0. The van der Waals surface area contributed by atoms with Gasteiger partial charge in [0.25, 0.3) is 5.91 Å². The Bertz CT molecular complexity index is 807. The van der Waals surface area contributed by atoms with E-state index < -0.39 is 0 Å². The van der Waals surface area contributed by atoms with Gasteiger partial charge in [-0.1, -0.05) is 24.3 Å². The lowest BCUT2D eigenvalue weighted by molar-refractivity contribution is 0.0952. The molecule has 1 aromatic heterocycles. The van der Waals surface area contributed by atoms with Crippen molar-refractivity contribution in [3.63, 3.8) is 0 Å². The SMILES string of the molecule is Cc1[nH]ncc1CNC(=O)c1cc2ccccc2cc1N. The highest BCUT2D eigenvalue weighted by molar-refractivity contribution is 6.03. The molecule has 0 unspecified atom stereocenters. The van der Waals surface area contributed by atoms with Crippen LogP contribution in [0.5, 0.6) is 0 Å². The summed E-state index contributed by atoms with van der Waals surface area (Å²) in [5, 5.41) is 11.7. The number of amides is 1. The number of benzene rings is 2. The van der Waals surface area contributed by atoms with Crippen LogP contribution in [0.15, 0.2) is 42.6 Å². The first-order chi connectivity index (χ1) is 10.1. The number of carbonyl (C=O) groups excluding carboxylic acids is 1. The first-order valence-corrected chi connectivity index (χ1v) is 6.70. The number of nitrogens with one attached hydrogen (secondary N) is 2. The quantitative estimate of drug-likeness (QED) is 0.644. The van der Waals surface area contributed by atoms with E-state index in [4.69, 9.17) is 5.73 Å². The molecule has 2 aromatic carbocycles. The minimum atomic E-state index is -0.182. The van der Waals surface area contributed by atoms with Crippen LogP contribution in [0, 0.1) is 6.92 Å². The third-order valence-electron chi connectivity index (χ3n) is 3.54. The molecule has 5 heteroatoms. The van der Waals surface area contributed by atoms with Gasteiger partial charge in [-0.15, -0.1) is 0 Å². The van der Waals surface area contributed by atoms with Crippen LogP contribution in [0.2, 0.25) is 0 Å². The summed E-state index contributed by atoms with van der Waals surface area (Å²) in [5.74, 6) is -0.182. The topological polar surface area (TPSA) is 83.8 Å². The summed E-state index contributed by atoms with van der Waals surface area (Å²) in [4.78, 5) is 12.3. The first kappa shape index (κ1) is 13.2. The number of nitrogen functional groups attached to an aromatic ring is 1. The van der Waals surface area contributed by atoms with Gasteiger partial charge in [0.1, 0.15) is 0 Å². The van der Waals surface area contributed by atoms with E-state index in [9.17, 15) is 4.79 Å². The van der Waals surface area contributed by atoms with Gasteiger partial charge in [0.15, 0.2) is 0 Å². The highest BCUT2D eigenvalue weighted by atomic mass is 16.1. The molecule has 106 valence electrons. The molecule has 1 amide bonds. The third-order valence-corrected chi connectivity index (χ3v) is 3.54. The standard InChI is InChI=1S/C16H16N4O/c1-10-13(9-19-20-10)8-18-16(21)14-6-11-4-2-3-5-12(11)7-15(14)17/h2-7,9H,8,17H2,1H3,(H,18,21)(H,19,20). The smallest absolute Gasteiger partial charge is 0.253 e. The fourth-order valence-corrected chi connectivity index (χ4v) is 2.28. The zero-order valence-electron chi connectivity index (χ0n) is 11.7. The maximum absolute atomic E-state index is 12.3. The molecule has 0 spiro atoms. The number of carbonyl (C=O) groups is 1. The Balaban J connectivity index is 1.84. The minimum Gasteiger partial charge on any atom is -0.398 e. The van der Waals surface area contributed by atoms with Gasteiger partial charge in [0, 0.05) is 23.5 Å². The molecule has 0 fully saturated rings. The van der Waals surface area contributed by atoms with E-state index >= 15 is 0 Å². The van der Waals surface area contributed by atoms with Crippen LogP contribution < -0.4 is 11.1 Å². The predicted octanol–water partition coefficient (Wildman–Crippen LogP) is 2.38. The maximum atomic E-state index is 12.3. The Morgan fingerprint density at radius 2 is 2.00 bits per heavy atom. The van der Waals surface area contributed by atoms with Gasteiger partial charge < -0.3 is 11.1 Å². The fraction of sp³-hybridized carbons (Fsp3) is 0.125. The Morgan fingerprint density at radius 1 is 1.29 bits per heavy atom. The molecule has 0 aliphatic heterocycles. The zero-order valence-corrected chi connectivity index (χ0v) is 11.7. The van der Waals surface area contributed by atoms with Crippen molar-refractivity contribution in [2.24, 2.45) is 0 Å². The van der Waals surface area contributed by atoms with Crippen molar-refractivity contribution in [2.75, 3.05) is 5.73 Å². The molecule has 3 rings (SSSR count). The van der Waals surface area contributed by atoms with Crippen molar-refractivity contribution >= 4 is 22.4 Å². The van der Waals surface area contributed by atoms with Crippen LogP contribution in [-0.2, 0) is 6.54 Å². The highest BCUT2D eigenvalue weighted by Crippen LogP contribution is 2.21. The van der Waals surface area contributed by atoms with Crippen LogP contribution in [0.3, 0.4) is 0 Å². The lowest BCUT2D eigenvalue weighted by Crippen LogP contribution is -2.24. The second kappa shape index (κ2) is 5.28. The molecule has 0 saturated heterocycles. The van der Waals surface area contributed by atoms with Crippen molar-refractivity contribution < 1.29 is 4.79 Å². The molecular weight excluding hydrogens is 264 g/mol. The lowest BCUT2D eigenvalue weighted by atomic mass is 10.0. The minimum absolute atomic E-state index is 0.182. The number of aromatic nitrogens is 2. The molecule has 0 bridgehead atoms. The van der Waals surface area contributed by atoms with Gasteiger partial charge >= 0.3 is 0 Å². The van der Waals surface area contributed by atoms with Crippen molar-refractivity contribution in [3.8, 4) is 0 Å². The average Bonchev–Trinajstić information content (AvgIpc) is 2.89. The van der Waals surface area contributed by atoms with Crippen molar-refractivity contribution in [1.29, 1.82) is 0 Å². The van der Waals surface area contributed by atoms with Crippen LogP contribution >= 0.6 is 0 Å². The van der Waals surface area contributed by atoms with E-state index in [1.54, 1.807) is 6.20 Å². The molecular formula is C16H16N4O. The summed E-state index contributed by atoms with van der Waals surface area (Å²) in [6, 6.07) is 11.5. The average molecular weight is 280 g/mol. The van der Waals surface area contributed by atoms with Gasteiger partial charge in [-0.3, -0.25) is 9.89 Å². The largest absolute Gasteiger partial charge is 0.398 e. The van der Waals surface area contributed by atoms with E-state index in [0.29, 0.717) is 17.8 Å². The molecule has 3 aromatic rings. The van der Waals surface area contributed by atoms with Gasteiger partial charge in [0.05, 0.1) is 11.8 Å². The van der Waals surface area contributed by atoms with E-state index in [1.165, 1.54) is 0 Å². The number of H-pyrrole nitrogens is 1. The number of hydrogen-bond acceptors (Lipinski definition) is 3. The third kappa shape index (κ3) is 2.58. The number of fused-ring (bicyclic) bond motifs is 1. The molecule has 0 saturated carbocycles. The van der Waals surface area contributed by atoms with Crippen LogP contribution in [0.1, 0.15) is 21.6 Å². The van der Waals surface area contributed by atoms with E-state index in [2.05, 4.69) is 15.5 Å². The van der Waals surface area contributed by atoms with E-state index in [0.717, 1.165) is 22.0 Å². The molecule has 4 N–H and O–H groups in total. The summed E-state index contributed by atoms with van der Waals surface area (Å²) in [7, 11) is 0. The number of rotatable bonds is 3. The van der Waals surface area contributed by atoms with Gasteiger partial charge in [0.2, 0.25) is 0 Å². The summed E-state index contributed by atoms with van der Waals surface area (Å²) in [5.41, 5.74) is 8.87. The molecule has 0 aliphatic carbocycles. The van der Waals surface area contributed by atoms with Crippen molar-refractivity contribution in [3.05, 3.63) is 59.4 Å². The molecule has 0 atom stereocenters. The Hall–Kier alpha value is -2.82. The normalized spacial score (nSPS) is 10.7. The first-order valence-electron chi connectivity index (χ1n) is 6.70. The van der Waals surface area contributed by atoms with Gasteiger partial charge in [-0.05, 0) is 29.8 Å². The fourth-order valence-electron chi connectivity index (χ4n) is 2.28. The molecule has 0 aliphatic rings. The Morgan fingerprint density at radius 3 is 2.67 bits per heavy atom. The number of hydrogen-bond donors (Lipinski definition) is 3. The van der Waals surface area contributed by atoms with Crippen molar-refractivity contribution in [1.82, 2.24) is 15.5 Å². The molecule has 1 heterocycles. The maximum Gasteiger partial charge on any atom is 0.253 e. The van der Waals surface area contributed by atoms with Gasteiger partial charge in [-0.25, -0.2) is 0 Å². The Labute approximate surface area is 122 Å². The summed E-state index contributed by atoms with van der Waals surface area (Å²) in [6.07, 6.45) is 1.71. The highest BCUT2D eigenvalue weighted by Gasteiger charge is 2.11. The molecule has 21 heavy (non-hydrogen) atoms. The van der Waals surface area contributed by atoms with E-state index in [-0.39, 0.29) is 5.91 Å². The second-order valence-corrected chi connectivity index (χ2v) is 4.99. The monoisotopic (exact) mass is 280 g/mol. The number of nitrogens with two attached hydrogens (primary N) is 1. The van der Waals surface area contributed by atoms with Crippen LogP contribution in [0.4, 0.5) is 5.69 Å². The van der Waals surface area contributed by atoms with Crippen LogP contribution in [0.25, 0.3) is 10.8 Å². The summed E-state index contributed by atoms with van der Waals surface area (Å²) in [6.45, 7) is 2.34. The number of anilines is 1. The second-order valence-electron chi connectivity index (χ2n) is 4.99. The predicted molar refractivity (Wildman–Crippen MR) is 82.9 cm³/mol. The zero-order chi connectivity index (χ0) is 14.8. The molecule has 5 nitrogen and oxygen atoms in total. The van der Waals surface area contributed by atoms with Crippen LogP contribution in [-0.4, -0.2) is 16.1 Å². The van der Waals surface area contributed by atoms with Gasteiger partial charge in [-0.2, -0.15) is 5.10 Å². The van der Waals surface area contributed by atoms with E-state index in [1.807, 2.05) is 43.3 Å². The van der Waals surface area contributed by atoms with Crippen molar-refractivity contribution in [2.45, 2.75) is 13.5 Å². The summed E-state index contributed by atoms with van der Waals surface area (Å²) >= 11 is 0. The number of aryl methyl sites for hydroxylation is 1. The molecule has 0 radical (unpaired) electrons. The lowest BCUT2D eigenvalue weighted by Gasteiger charge is -2.09. The Kier molecular flexibility index (Phi) is 3.31. The number of aromatic amines is 1. The number of nitrogens with zero attached hydrogens (tertiary/aromatic N) is 1.